The topological polar surface area (TPSA) is 49.4 Å². The highest BCUT2D eigenvalue weighted by Crippen LogP contribution is 2.34. The molecular weight excluding hydrogens is 524 g/mol. The molecule has 1 aromatic heterocycles. The van der Waals surface area contributed by atoms with E-state index in [1.807, 2.05) is 79.0 Å². The van der Waals surface area contributed by atoms with Gasteiger partial charge in [-0.15, -0.1) is 11.3 Å². The maximum Gasteiger partial charge on any atom is 0.260 e. The number of benzene rings is 4. The van der Waals surface area contributed by atoms with E-state index in [4.69, 9.17) is 11.6 Å². The predicted molar refractivity (Wildman–Crippen MR) is 160 cm³/mol. The van der Waals surface area contributed by atoms with E-state index < -0.39 is 0 Å². The molecule has 0 saturated heterocycles. The zero-order valence-electron chi connectivity index (χ0n) is 21.3. The molecule has 0 radical (unpaired) electrons. The van der Waals surface area contributed by atoms with E-state index in [9.17, 15) is 9.59 Å². The molecule has 0 spiro atoms. The number of thiophene rings is 1. The Morgan fingerprint density at radius 2 is 1.54 bits per heavy atom. The number of amides is 2. The molecule has 39 heavy (non-hydrogen) atoms. The average Bonchev–Trinajstić information content (AvgIpc) is 3.43. The Morgan fingerprint density at radius 3 is 2.33 bits per heavy atom. The molecule has 6 heteroatoms. The van der Waals surface area contributed by atoms with Gasteiger partial charge in [-0.1, -0.05) is 78.3 Å². The van der Waals surface area contributed by atoms with Crippen LogP contribution in [0.4, 0.5) is 11.4 Å². The van der Waals surface area contributed by atoms with Gasteiger partial charge in [-0.3, -0.25) is 9.59 Å². The van der Waals surface area contributed by atoms with E-state index in [0.29, 0.717) is 28.4 Å². The number of anilines is 2. The van der Waals surface area contributed by atoms with E-state index in [1.54, 1.807) is 28.4 Å². The highest BCUT2D eigenvalue weighted by molar-refractivity contribution is 7.13. The van der Waals surface area contributed by atoms with Gasteiger partial charge in [0.15, 0.2) is 0 Å². The summed E-state index contributed by atoms with van der Waals surface area (Å²) in [7, 11) is 0. The van der Waals surface area contributed by atoms with Crippen molar-refractivity contribution in [2.75, 3.05) is 10.2 Å². The van der Waals surface area contributed by atoms with Gasteiger partial charge >= 0.3 is 0 Å². The molecule has 4 aromatic carbocycles. The summed E-state index contributed by atoms with van der Waals surface area (Å²) in [6, 6.07) is 31.2. The van der Waals surface area contributed by atoms with Gasteiger partial charge in [-0.2, -0.15) is 0 Å². The largest absolute Gasteiger partial charge is 0.322 e. The molecule has 0 atom stereocenters. The molecule has 2 heterocycles. The molecule has 192 valence electrons. The lowest BCUT2D eigenvalue weighted by atomic mass is 10.0. The highest BCUT2D eigenvalue weighted by Gasteiger charge is 2.27. The average molecular weight is 549 g/mol. The van der Waals surface area contributed by atoms with Crippen molar-refractivity contribution in [3.63, 3.8) is 0 Å². The van der Waals surface area contributed by atoms with E-state index in [2.05, 4.69) is 23.5 Å². The second-order valence-electron chi connectivity index (χ2n) is 9.59. The summed E-state index contributed by atoms with van der Waals surface area (Å²) >= 11 is 8.32. The molecular formula is C33H25ClN2O2S. The second kappa shape index (κ2) is 10.5. The SMILES string of the molecule is Cc1cc(C(=O)N2Cc3ccccc3Cc3ccccc32)c(Cl)cc1NC(=O)c1ccccc1-c1cccs1. The third-order valence-corrected chi connectivity index (χ3v) is 8.32. The quantitative estimate of drug-likeness (QED) is 0.245. The van der Waals surface area contributed by atoms with Crippen molar-refractivity contribution < 1.29 is 9.59 Å². The fourth-order valence-corrected chi connectivity index (χ4v) is 6.10. The Hall–Kier alpha value is -4.19. The van der Waals surface area contributed by atoms with Crippen LogP contribution >= 0.6 is 22.9 Å². The number of hydrogen-bond donors (Lipinski definition) is 1. The summed E-state index contributed by atoms with van der Waals surface area (Å²) in [5.74, 6) is -0.400. The lowest BCUT2D eigenvalue weighted by molar-refractivity contribution is 0.0984. The zero-order valence-corrected chi connectivity index (χ0v) is 22.9. The summed E-state index contributed by atoms with van der Waals surface area (Å²) in [5.41, 5.74) is 7.49. The maximum atomic E-state index is 14.0. The van der Waals surface area contributed by atoms with Crippen molar-refractivity contribution in [3.8, 4) is 10.4 Å². The normalized spacial score (nSPS) is 12.3. The maximum absolute atomic E-state index is 14.0. The van der Waals surface area contributed by atoms with Gasteiger partial charge < -0.3 is 10.2 Å². The van der Waals surface area contributed by atoms with Crippen molar-refractivity contribution in [3.05, 3.63) is 141 Å². The summed E-state index contributed by atoms with van der Waals surface area (Å²) in [4.78, 5) is 30.1. The second-order valence-corrected chi connectivity index (χ2v) is 10.9. The van der Waals surface area contributed by atoms with Gasteiger partial charge in [-0.25, -0.2) is 0 Å². The molecule has 0 bridgehead atoms. The zero-order chi connectivity index (χ0) is 26.9. The third-order valence-electron chi connectivity index (χ3n) is 7.11. The van der Waals surface area contributed by atoms with Crippen LogP contribution in [0.1, 0.15) is 43.0 Å². The molecule has 0 aliphatic carbocycles. The van der Waals surface area contributed by atoms with Crippen molar-refractivity contribution in [2.24, 2.45) is 0 Å². The molecule has 2 amide bonds. The van der Waals surface area contributed by atoms with Gasteiger partial charge in [-0.05, 0) is 71.3 Å². The van der Waals surface area contributed by atoms with Crippen molar-refractivity contribution in [1.82, 2.24) is 0 Å². The number of carbonyl (C=O) groups excluding carboxylic acids is 2. The standard InChI is InChI=1S/C33H25ClN2O2S/c1-21-17-27(33(38)36-20-24-11-3-2-9-22(24)18-23-10-4-7-14-30(23)36)28(34)19-29(21)35-32(37)26-13-6-5-12-25(26)31-15-8-16-39-31/h2-17,19H,18,20H2,1H3,(H,35,37). The van der Waals surface area contributed by atoms with E-state index in [-0.39, 0.29) is 11.8 Å². The molecule has 5 aromatic rings. The summed E-state index contributed by atoms with van der Waals surface area (Å²) in [6.07, 6.45) is 0.765. The summed E-state index contributed by atoms with van der Waals surface area (Å²) < 4.78 is 0. The minimum Gasteiger partial charge on any atom is -0.322 e. The minimum atomic E-state index is -0.227. The lowest BCUT2D eigenvalue weighted by Gasteiger charge is -2.24. The number of fused-ring (bicyclic) bond motifs is 2. The molecule has 1 N–H and O–H groups in total. The number of hydrogen-bond acceptors (Lipinski definition) is 3. The number of para-hydroxylation sites is 1. The fourth-order valence-electron chi connectivity index (χ4n) is 5.09. The van der Waals surface area contributed by atoms with Crippen LogP contribution in [0.25, 0.3) is 10.4 Å². The number of nitrogens with one attached hydrogen (secondary N) is 1. The third kappa shape index (κ3) is 4.87. The van der Waals surface area contributed by atoms with Crippen LogP contribution in [-0.4, -0.2) is 11.8 Å². The van der Waals surface area contributed by atoms with Crippen LogP contribution in [0.2, 0.25) is 5.02 Å². The van der Waals surface area contributed by atoms with Crippen molar-refractivity contribution >= 4 is 46.1 Å². The first-order valence-electron chi connectivity index (χ1n) is 12.7. The van der Waals surface area contributed by atoms with Crippen LogP contribution in [0.5, 0.6) is 0 Å². The number of aryl methyl sites for hydroxylation is 1. The lowest BCUT2D eigenvalue weighted by Crippen LogP contribution is -2.31. The van der Waals surface area contributed by atoms with E-state index >= 15 is 0 Å². The number of halogens is 1. The van der Waals surface area contributed by atoms with Gasteiger partial charge in [0.25, 0.3) is 11.8 Å². The van der Waals surface area contributed by atoms with Crippen LogP contribution in [-0.2, 0) is 13.0 Å². The van der Waals surface area contributed by atoms with Gasteiger partial charge in [0.05, 0.1) is 17.1 Å². The summed E-state index contributed by atoms with van der Waals surface area (Å²) in [6.45, 7) is 2.33. The van der Waals surface area contributed by atoms with E-state index in [1.165, 1.54) is 5.56 Å². The van der Waals surface area contributed by atoms with E-state index in [0.717, 1.165) is 39.2 Å². The molecule has 0 unspecified atom stereocenters. The monoisotopic (exact) mass is 548 g/mol. The minimum absolute atomic E-state index is 0.173. The predicted octanol–water partition coefficient (Wildman–Crippen LogP) is 8.38. The molecule has 0 saturated carbocycles. The molecule has 6 rings (SSSR count). The molecule has 1 aliphatic heterocycles. The fraction of sp³-hybridized carbons (Fsp3) is 0.0909. The van der Waals surface area contributed by atoms with Crippen LogP contribution in [0.3, 0.4) is 0 Å². The van der Waals surface area contributed by atoms with Gasteiger partial charge in [0.2, 0.25) is 0 Å². The highest BCUT2D eigenvalue weighted by atomic mass is 35.5. The molecule has 0 fully saturated rings. The number of rotatable bonds is 4. The van der Waals surface area contributed by atoms with Crippen LogP contribution < -0.4 is 10.2 Å². The smallest absolute Gasteiger partial charge is 0.260 e. The van der Waals surface area contributed by atoms with Gasteiger partial charge in [0, 0.05) is 27.4 Å². The Morgan fingerprint density at radius 1 is 0.821 bits per heavy atom. The van der Waals surface area contributed by atoms with Gasteiger partial charge in [0.1, 0.15) is 0 Å². The molecule has 4 nitrogen and oxygen atoms in total. The Kier molecular flexibility index (Phi) is 6.77. The number of carbonyl (C=O) groups is 2. The Bertz CT molecular complexity index is 1710. The number of nitrogens with zero attached hydrogens (tertiary/aromatic N) is 1. The van der Waals surface area contributed by atoms with Crippen molar-refractivity contribution in [1.29, 1.82) is 0 Å². The van der Waals surface area contributed by atoms with Crippen molar-refractivity contribution in [2.45, 2.75) is 19.9 Å². The first kappa shape index (κ1) is 25.1. The van der Waals surface area contributed by atoms with Crippen LogP contribution in [0.15, 0.2) is 102 Å². The Balaban J connectivity index is 1.32. The Labute approximate surface area is 236 Å². The summed E-state index contributed by atoms with van der Waals surface area (Å²) in [5, 5.41) is 5.30. The first-order chi connectivity index (χ1) is 19.0. The first-order valence-corrected chi connectivity index (χ1v) is 14.0. The molecule has 1 aliphatic rings. The van der Waals surface area contributed by atoms with Crippen LogP contribution in [0, 0.1) is 6.92 Å².